The summed E-state index contributed by atoms with van der Waals surface area (Å²) in [6.07, 6.45) is 1.70. The second-order valence-electron chi connectivity index (χ2n) is 5.05. The normalized spacial score (nSPS) is 10.6. The molecule has 0 saturated carbocycles. The number of aromatic nitrogens is 1. The Kier molecular flexibility index (Phi) is 4.28. The fourth-order valence-corrected chi connectivity index (χ4v) is 2.66. The lowest BCUT2D eigenvalue weighted by molar-refractivity contribution is 0.0693. The molecule has 0 aliphatic heterocycles. The van der Waals surface area contributed by atoms with Crippen LogP contribution in [0.2, 0.25) is 5.02 Å². The number of carbonyl (C=O) groups is 1. The van der Waals surface area contributed by atoms with E-state index in [2.05, 4.69) is 0 Å². The number of hydrogen-bond donors (Lipinski definition) is 1. The number of aryl methyl sites for hydroxylation is 1. The predicted molar refractivity (Wildman–Crippen MR) is 85.1 cm³/mol. The highest BCUT2D eigenvalue weighted by atomic mass is 35.5. The Morgan fingerprint density at radius 1 is 1.27 bits per heavy atom. The van der Waals surface area contributed by atoms with Gasteiger partial charge in [0.1, 0.15) is 11.3 Å². The lowest BCUT2D eigenvalue weighted by atomic mass is 9.98. The number of rotatable bonds is 3. The molecule has 2 aromatic rings. The first-order chi connectivity index (χ1) is 10.3. The topological polar surface area (TPSA) is 68.5 Å². The predicted octanol–water partition coefficient (Wildman–Crippen LogP) is 3.03. The molecule has 0 bridgehead atoms. The number of pyridine rings is 1. The quantitative estimate of drug-likeness (QED) is 0.943. The third-order valence-electron chi connectivity index (χ3n) is 3.73. The van der Waals surface area contributed by atoms with E-state index >= 15 is 0 Å². The highest BCUT2D eigenvalue weighted by Gasteiger charge is 2.19. The van der Waals surface area contributed by atoms with E-state index in [9.17, 15) is 14.7 Å². The fourth-order valence-electron chi connectivity index (χ4n) is 2.37. The summed E-state index contributed by atoms with van der Waals surface area (Å²) >= 11 is 6.09. The van der Waals surface area contributed by atoms with Crippen LogP contribution in [-0.4, -0.2) is 22.8 Å². The van der Waals surface area contributed by atoms with E-state index in [-0.39, 0.29) is 21.9 Å². The highest BCUT2D eigenvalue weighted by molar-refractivity contribution is 6.34. The molecule has 0 spiro atoms. The summed E-state index contributed by atoms with van der Waals surface area (Å²) in [7, 11) is 3.06. The molecule has 0 fully saturated rings. The minimum Gasteiger partial charge on any atom is -0.496 e. The van der Waals surface area contributed by atoms with Gasteiger partial charge in [-0.3, -0.25) is 4.79 Å². The molecule has 6 heteroatoms. The largest absolute Gasteiger partial charge is 0.496 e. The molecule has 1 N–H and O–H groups in total. The van der Waals surface area contributed by atoms with Crippen molar-refractivity contribution >= 4 is 17.6 Å². The molecule has 0 saturated heterocycles. The number of ether oxygens (including phenoxy) is 1. The Morgan fingerprint density at radius 3 is 2.45 bits per heavy atom. The van der Waals surface area contributed by atoms with Gasteiger partial charge in [0.15, 0.2) is 0 Å². The summed E-state index contributed by atoms with van der Waals surface area (Å²) in [4.78, 5) is 23.2. The third-order valence-corrected chi connectivity index (χ3v) is 4.03. The van der Waals surface area contributed by atoms with Crippen LogP contribution in [0, 0.1) is 13.8 Å². The number of benzene rings is 1. The van der Waals surface area contributed by atoms with Crippen molar-refractivity contribution in [3.05, 3.63) is 50.4 Å². The van der Waals surface area contributed by atoms with Crippen LogP contribution in [0.15, 0.2) is 23.1 Å². The zero-order valence-electron chi connectivity index (χ0n) is 12.7. The van der Waals surface area contributed by atoms with Gasteiger partial charge in [0.25, 0.3) is 5.56 Å². The van der Waals surface area contributed by atoms with Crippen molar-refractivity contribution in [1.82, 2.24) is 4.57 Å². The molecule has 0 aliphatic rings. The maximum absolute atomic E-state index is 11.9. The van der Waals surface area contributed by atoms with E-state index in [1.165, 1.54) is 11.7 Å². The van der Waals surface area contributed by atoms with Crippen LogP contribution in [0.25, 0.3) is 11.1 Å². The Bertz CT molecular complexity index is 824. The van der Waals surface area contributed by atoms with Gasteiger partial charge in [-0.1, -0.05) is 11.6 Å². The minimum atomic E-state index is -1.15. The number of nitrogens with zero attached hydrogens (tertiary/aromatic N) is 1. The number of aromatic carboxylic acids is 1. The van der Waals surface area contributed by atoms with Gasteiger partial charge in [-0.15, -0.1) is 0 Å². The molecule has 2 rings (SSSR count). The zero-order valence-corrected chi connectivity index (χ0v) is 13.5. The molecule has 5 nitrogen and oxygen atoms in total. The minimum absolute atomic E-state index is 0.0681. The van der Waals surface area contributed by atoms with Gasteiger partial charge >= 0.3 is 5.97 Å². The van der Waals surface area contributed by atoms with Gasteiger partial charge in [-0.05, 0) is 37.1 Å². The Labute approximate surface area is 132 Å². The highest BCUT2D eigenvalue weighted by Crippen LogP contribution is 2.34. The molecular formula is C16H16ClNO4. The first-order valence-electron chi connectivity index (χ1n) is 6.56. The summed E-state index contributed by atoms with van der Waals surface area (Å²) in [6, 6.07) is 3.18. The van der Waals surface area contributed by atoms with Crippen LogP contribution in [-0.2, 0) is 7.05 Å². The standard InChI is InChI=1S/C16H16ClNO4/c1-8-9(2)15(19)18(3)7-11(8)10-5-12(17)14(16(20)21)13(6-10)22-4/h5-7H,1-4H3,(H,20,21). The fraction of sp³-hybridized carbons (Fsp3) is 0.250. The van der Waals surface area contributed by atoms with Crippen LogP contribution < -0.4 is 10.3 Å². The van der Waals surface area contributed by atoms with Gasteiger partial charge in [-0.25, -0.2) is 4.79 Å². The maximum Gasteiger partial charge on any atom is 0.341 e. The number of halogens is 1. The van der Waals surface area contributed by atoms with E-state index < -0.39 is 5.97 Å². The lowest BCUT2D eigenvalue weighted by Gasteiger charge is -2.14. The number of hydrogen-bond acceptors (Lipinski definition) is 3. The van der Waals surface area contributed by atoms with E-state index in [1.807, 2.05) is 6.92 Å². The average Bonchev–Trinajstić information content (AvgIpc) is 2.47. The van der Waals surface area contributed by atoms with Gasteiger partial charge < -0.3 is 14.4 Å². The molecule has 0 atom stereocenters. The smallest absolute Gasteiger partial charge is 0.341 e. The van der Waals surface area contributed by atoms with Crippen LogP contribution in [0.1, 0.15) is 21.5 Å². The average molecular weight is 322 g/mol. The van der Waals surface area contributed by atoms with Crippen LogP contribution in [0.3, 0.4) is 0 Å². The third kappa shape index (κ3) is 2.60. The van der Waals surface area contributed by atoms with E-state index in [4.69, 9.17) is 16.3 Å². The van der Waals surface area contributed by atoms with Gasteiger partial charge in [0.05, 0.1) is 12.1 Å². The molecule has 0 radical (unpaired) electrons. The molecule has 0 aliphatic carbocycles. The van der Waals surface area contributed by atoms with Crippen molar-refractivity contribution < 1.29 is 14.6 Å². The van der Waals surface area contributed by atoms with Crippen LogP contribution >= 0.6 is 11.6 Å². The van der Waals surface area contributed by atoms with E-state index in [1.54, 1.807) is 32.3 Å². The van der Waals surface area contributed by atoms with Crippen molar-refractivity contribution in [2.45, 2.75) is 13.8 Å². The number of methoxy groups -OCH3 is 1. The van der Waals surface area contributed by atoms with Crippen molar-refractivity contribution in [3.63, 3.8) is 0 Å². The van der Waals surface area contributed by atoms with Crippen LogP contribution in [0.4, 0.5) is 0 Å². The maximum atomic E-state index is 11.9. The molecule has 1 aromatic heterocycles. The second-order valence-corrected chi connectivity index (χ2v) is 5.46. The molecule has 22 heavy (non-hydrogen) atoms. The summed E-state index contributed by atoms with van der Waals surface area (Å²) in [5, 5.41) is 9.30. The Morgan fingerprint density at radius 2 is 1.91 bits per heavy atom. The second kappa shape index (κ2) is 5.85. The van der Waals surface area contributed by atoms with Crippen molar-refractivity contribution in [2.75, 3.05) is 7.11 Å². The molecule has 0 unspecified atom stereocenters. The lowest BCUT2D eigenvalue weighted by Crippen LogP contribution is -2.20. The molecule has 1 aromatic carbocycles. The van der Waals surface area contributed by atoms with Gasteiger partial charge in [-0.2, -0.15) is 0 Å². The zero-order chi connectivity index (χ0) is 16.6. The van der Waals surface area contributed by atoms with E-state index in [0.29, 0.717) is 11.1 Å². The Hall–Kier alpha value is -2.27. The molecule has 116 valence electrons. The molecular weight excluding hydrogens is 306 g/mol. The number of carboxylic acids is 1. The van der Waals surface area contributed by atoms with Crippen LogP contribution in [0.5, 0.6) is 5.75 Å². The summed E-state index contributed by atoms with van der Waals surface area (Å²) in [5.74, 6) is -0.970. The first-order valence-corrected chi connectivity index (χ1v) is 6.93. The van der Waals surface area contributed by atoms with Gasteiger partial charge in [0, 0.05) is 24.4 Å². The molecule has 0 amide bonds. The summed E-state index contributed by atoms with van der Waals surface area (Å²) < 4.78 is 6.63. The van der Waals surface area contributed by atoms with E-state index in [0.717, 1.165) is 11.1 Å². The SMILES string of the molecule is COc1cc(-c2cn(C)c(=O)c(C)c2C)cc(Cl)c1C(=O)O. The van der Waals surface area contributed by atoms with Gasteiger partial charge in [0.2, 0.25) is 0 Å². The first kappa shape index (κ1) is 16.1. The Balaban J connectivity index is 2.77. The summed E-state index contributed by atoms with van der Waals surface area (Å²) in [6.45, 7) is 3.60. The van der Waals surface area contributed by atoms with Crippen molar-refractivity contribution in [3.8, 4) is 16.9 Å². The summed E-state index contributed by atoms with van der Waals surface area (Å²) in [5.41, 5.74) is 2.81. The van der Waals surface area contributed by atoms with Crippen molar-refractivity contribution in [2.24, 2.45) is 7.05 Å². The van der Waals surface area contributed by atoms with Crippen molar-refractivity contribution in [1.29, 1.82) is 0 Å². The number of carboxylic acid groups (broad SMARTS) is 1. The molecule has 1 heterocycles. The monoisotopic (exact) mass is 321 g/mol.